The van der Waals surface area contributed by atoms with E-state index in [1.54, 1.807) is 12.1 Å². The van der Waals surface area contributed by atoms with Gasteiger partial charge < -0.3 is 10.1 Å². The Morgan fingerprint density at radius 2 is 1.86 bits per heavy atom. The van der Waals surface area contributed by atoms with Gasteiger partial charge in [-0.2, -0.15) is 0 Å². The molecule has 4 rings (SSSR count). The summed E-state index contributed by atoms with van der Waals surface area (Å²) in [6, 6.07) is 7.59. The van der Waals surface area contributed by atoms with Crippen molar-refractivity contribution in [3.8, 4) is 0 Å². The van der Waals surface area contributed by atoms with Gasteiger partial charge in [0.05, 0.1) is 19.4 Å². The third-order valence-corrected chi connectivity index (χ3v) is 6.51. The number of amides is 1. The number of hydrogen-bond donors (Lipinski definition) is 1. The first kappa shape index (κ1) is 19.8. The highest BCUT2D eigenvalue weighted by molar-refractivity contribution is 5.77. The molecule has 1 amide bonds. The van der Waals surface area contributed by atoms with Crippen LogP contribution in [0, 0.1) is 5.82 Å². The van der Waals surface area contributed by atoms with E-state index < -0.39 is 0 Å². The smallest absolute Gasteiger partial charge is 0.222 e. The molecule has 0 saturated carbocycles. The Kier molecular flexibility index (Phi) is 6.60. The van der Waals surface area contributed by atoms with Gasteiger partial charge in [0.2, 0.25) is 5.91 Å². The van der Waals surface area contributed by atoms with E-state index in [-0.39, 0.29) is 17.9 Å². The van der Waals surface area contributed by atoms with Crippen LogP contribution < -0.4 is 5.32 Å². The molecule has 0 aromatic heterocycles. The third kappa shape index (κ3) is 4.91. The van der Waals surface area contributed by atoms with Crippen LogP contribution in [0.3, 0.4) is 0 Å². The van der Waals surface area contributed by atoms with Crippen LogP contribution in [-0.2, 0) is 16.0 Å². The van der Waals surface area contributed by atoms with Crippen LogP contribution in [0.2, 0.25) is 0 Å². The van der Waals surface area contributed by atoms with Crippen molar-refractivity contribution < 1.29 is 13.9 Å². The van der Waals surface area contributed by atoms with E-state index >= 15 is 0 Å². The Morgan fingerprint density at radius 1 is 1.07 bits per heavy atom. The third-order valence-electron chi connectivity index (χ3n) is 6.51. The summed E-state index contributed by atoms with van der Waals surface area (Å²) in [7, 11) is 0. The van der Waals surface area contributed by atoms with Crippen molar-refractivity contribution in [2.45, 2.75) is 63.2 Å². The molecule has 0 bridgehead atoms. The zero-order valence-electron chi connectivity index (χ0n) is 16.6. The zero-order chi connectivity index (χ0) is 19.3. The van der Waals surface area contributed by atoms with E-state index in [1.807, 2.05) is 12.1 Å². The number of nitrogens with one attached hydrogen (secondary N) is 1. The SMILES string of the molecule is O=C1CC(N2CCOCC2)CC(N2CCCCC[C@@H]2Cc2ccc(F)cc2)N1. The summed E-state index contributed by atoms with van der Waals surface area (Å²) in [6.45, 7) is 4.39. The van der Waals surface area contributed by atoms with E-state index in [2.05, 4.69) is 15.1 Å². The van der Waals surface area contributed by atoms with Crippen molar-refractivity contribution in [3.63, 3.8) is 0 Å². The normalized spacial score (nSPS) is 30.6. The van der Waals surface area contributed by atoms with E-state index in [1.165, 1.54) is 24.8 Å². The van der Waals surface area contributed by atoms with Crippen LogP contribution in [-0.4, -0.2) is 66.8 Å². The van der Waals surface area contributed by atoms with Gasteiger partial charge in [-0.25, -0.2) is 4.39 Å². The lowest BCUT2D eigenvalue weighted by atomic mass is 9.96. The predicted octanol–water partition coefficient (Wildman–Crippen LogP) is 2.55. The number of likely N-dealkylation sites (tertiary alicyclic amines) is 1. The first-order valence-electron chi connectivity index (χ1n) is 10.8. The maximum absolute atomic E-state index is 13.3. The number of nitrogens with zero attached hydrogens (tertiary/aromatic N) is 2. The van der Waals surface area contributed by atoms with Gasteiger partial charge in [-0.3, -0.25) is 14.6 Å². The number of carbonyl (C=O) groups is 1. The molecule has 3 atom stereocenters. The van der Waals surface area contributed by atoms with Gasteiger partial charge >= 0.3 is 0 Å². The number of ether oxygens (including phenoxy) is 1. The molecule has 3 saturated heterocycles. The lowest BCUT2D eigenvalue weighted by Gasteiger charge is -2.44. The summed E-state index contributed by atoms with van der Waals surface area (Å²) >= 11 is 0. The van der Waals surface area contributed by atoms with Gasteiger partial charge in [0.1, 0.15) is 5.82 Å². The lowest BCUT2D eigenvalue weighted by Crippen LogP contribution is -2.60. The topological polar surface area (TPSA) is 44.8 Å². The fourth-order valence-electron chi connectivity index (χ4n) is 5.02. The van der Waals surface area contributed by atoms with Crippen LogP contribution in [0.1, 0.15) is 44.1 Å². The van der Waals surface area contributed by atoms with Crippen LogP contribution in [0.5, 0.6) is 0 Å². The second-order valence-corrected chi connectivity index (χ2v) is 8.40. The summed E-state index contributed by atoms with van der Waals surface area (Å²) in [6.07, 6.45) is 7.34. The highest BCUT2D eigenvalue weighted by atomic mass is 19.1. The quantitative estimate of drug-likeness (QED) is 0.860. The minimum atomic E-state index is -0.186. The van der Waals surface area contributed by atoms with Crippen molar-refractivity contribution >= 4 is 5.91 Å². The second kappa shape index (κ2) is 9.33. The van der Waals surface area contributed by atoms with Crippen molar-refractivity contribution in [1.29, 1.82) is 0 Å². The summed E-state index contributed by atoms with van der Waals surface area (Å²) < 4.78 is 18.8. The van der Waals surface area contributed by atoms with Crippen molar-refractivity contribution in [1.82, 2.24) is 15.1 Å². The van der Waals surface area contributed by atoms with Crippen molar-refractivity contribution in [2.75, 3.05) is 32.8 Å². The van der Waals surface area contributed by atoms with Crippen LogP contribution in [0.15, 0.2) is 24.3 Å². The van der Waals surface area contributed by atoms with Gasteiger partial charge in [0.25, 0.3) is 0 Å². The fourth-order valence-corrected chi connectivity index (χ4v) is 5.02. The second-order valence-electron chi connectivity index (χ2n) is 8.40. The summed E-state index contributed by atoms with van der Waals surface area (Å²) in [5, 5.41) is 3.28. The Balaban J connectivity index is 1.47. The molecule has 0 radical (unpaired) electrons. The molecule has 1 aromatic carbocycles. The molecule has 0 aliphatic carbocycles. The van der Waals surface area contributed by atoms with Crippen LogP contribution >= 0.6 is 0 Å². The number of piperidine rings is 1. The summed E-state index contributed by atoms with van der Waals surface area (Å²) in [5.41, 5.74) is 1.17. The molecule has 5 nitrogen and oxygen atoms in total. The van der Waals surface area contributed by atoms with Gasteiger partial charge in [0.15, 0.2) is 0 Å². The van der Waals surface area contributed by atoms with Gasteiger partial charge in [-0.1, -0.05) is 25.0 Å². The Morgan fingerprint density at radius 3 is 2.64 bits per heavy atom. The highest BCUT2D eigenvalue weighted by Crippen LogP contribution is 2.27. The molecule has 3 heterocycles. The molecule has 28 heavy (non-hydrogen) atoms. The van der Waals surface area contributed by atoms with Crippen molar-refractivity contribution in [3.05, 3.63) is 35.6 Å². The standard InChI is InChI=1S/C22H32FN3O2/c23-18-7-5-17(6-8-18)14-19-4-2-1-3-9-26(19)21-15-20(16-22(27)24-21)25-10-12-28-13-11-25/h5-8,19-21H,1-4,9-16H2,(H,24,27)/t19-,20?,21?/m1/s1. The maximum atomic E-state index is 13.3. The number of halogens is 1. The molecule has 154 valence electrons. The zero-order valence-corrected chi connectivity index (χ0v) is 16.6. The van der Waals surface area contributed by atoms with Crippen molar-refractivity contribution in [2.24, 2.45) is 0 Å². The maximum Gasteiger partial charge on any atom is 0.222 e. The largest absolute Gasteiger partial charge is 0.379 e. The molecule has 3 aliphatic rings. The highest BCUT2D eigenvalue weighted by Gasteiger charge is 2.36. The van der Waals surface area contributed by atoms with E-state index in [0.717, 1.165) is 52.1 Å². The first-order chi connectivity index (χ1) is 13.7. The van der Waals surface area contributed by atoms with E-state index in [0.29, 0.717) is 18.5 Å². The molecule has 0 spiro atoms. The van der Waals surface area contributed by atoms with Crippen LogP contribution in [0.25, 0.3) is 0 Å². The molecular weight excluding hydrogens is 357 g/mol. The monoisotopic (exact) mass is 389 g/mol. The molecule has 6 heteroatoms. The Hall–Kier alpha value is -1.50. The Labute approximate surface area is 167 Å². The number of hydrogen-bond acceptors (Lipinski definition) is 4. The molecule has 3 fully saturated rings. The van der Waals surface area contributed by atoms with Gasteiger partial charge in [-0.15, -0.1) is 0 Å². The minimum Gasteiger partial charge on any atom is -0.379 e. The summed E-state index contributed by atoms with van der Waals surface area (Å²) in [4.78, 5) is 17.5. The predicted molar refractivity (Wildman–Crippen MR) is 106 cm³/mol. The lowest BCUT2D eigenvalue weighted by molar-refractivity contribution is -0.129. The van der Waals surface area contributed by atoms with Crippen LogP contribution in [0.4, 0.5) is 4.39 Å². The number of benzene rings is 1. The molecule has 2 unspecified atom stereocenters. The fraction of sp³-hybridized carbons (Fsp3) is 0.682. The molecular formula is C22H32FN3O2. The first-order valence-corrected chi connectivity index (χ1v) is 10.8. The summed E-state index contributed by atoms with van der Waals surface area (Å²) in [5.74, 6) is -0.0214. The number of carbonyl (C=O) groups excluding carboxylic acids is 1. The molecule has 3 aliphatic heterocycles. The molecule has 1 N–H and O–H groups in total. The average molecular weight is 390 g/mol. The Bertz CT molecular complexity index is 648. The van der Waals surface area contributed by atoms with Gasteiger partial charge in [-0.05, 0) is 43.4 Å². The van der Waals surface area contributed by atoms with Gasteiger partial charge in [0, 0.05) is 38.1 Å². The number of rotatable bonds is 4. The van der Waals surface area contributed by atoms with E-state index in [9.17, 15) is 9.18 Å². The molecule has 1 aromatic rings. The number of morpholine rings is 1. The van der Waals surface area contributed by atoms with E-state index in [4.69, 9.17) is 4.74 Å². The average Bonchev–Trinajstić information content (AvgIpc) is 2.95. The minimum absolute atomic E-state index is 0.0950.